The molecule has 1 atom stereocenters. The third-order valence-corrected chi connectivity index (χ3v) is 5.39. The number of aryl methyl sites for hydroxylation is 1. The van der Waals surface area contributed by atoms with E-state index >= 15 is 0 Å². The molecule has 3 aromatic rings. The maximum Gasteiger partial charge on any atom is 0.291 e. The third kappa shape index (κ3) is 3.76. The summed E-state index contributed by atoms with van der Waals surface area (Å²) in [6.07, 6.45) is 1.68. The number of anilines is 1. The summed E-state index contributed by atoms with van der Waals surface area (Å²) < 4.78 is 0. The number of aromatic nitrogens is 2. The molecule has 6 heteroatoms. The lowest BCUT2D eigenvalue weighted by Crippen LogP contribution is -2.44. The maximum atomic E-state index is 12.7. The standard InChI is InChI=1S/C22H24N4O2/c1-15-7-2-3-8-16(15)13-23-21(27)17-9-6-12-26(14-17)20-22(28)25-19-11-5-4-10-18(19)24-20/h2-5,7-8,10-11,17H,6,9,12-14H2,1H3,(H,23,27)(H,25,28). The number of hydrogen-bond acceptors (Lipinski definition) is 4. The van der Waals surface area contributed by atoms with Crippen LogP contribution in [0.25, 0.3) is 11.0 Å². The number of piperidine rings is 1. The number of nitrogens with one attached hydrogen (secondary N) is 2. The Morgan fingerprint density at radius 2 is 2.00 bits per heavy atom. The highest BCUT2D eigenvalue weighted by Crippen LogP contribution is 2.21. The highest BCUT2D eigenvalue weighted by molar-refractivity contribution is 5.80. The van der Waals surface area contributed by atoms with E-state index < -0.39 is 0 Å². The van der Waals surface area contributed by atoms with Crippen LogP contribution < -0.4 is 15.8 Å². The average Bonchev–Trinajstić information content (AvgIpc) is 2.72. The van der Waals surface area contributed by atoms with Gasteiger partial charge in [-0.05, 0) is 43.0 Å². The van der Waals surface area contributed by atoms with Crippen molar-refractivity contribution in [3.63, 3.8) is 0 Å². The van der Waals surface area contributed by atoms with Gasteiger partial charge >= 0.3 is 0 Å². The van der Waals surface area contributed by atoms with Crippen LogP contribution >= 0.6 is 0 Å². The lowest BCUT2D eigenvalue weighted by atomic mass is 9.97. The molecule has 1 aliphatic heterocycles. The molecule has 2 heterocycles. The first-order valence-corrected chi connectivity index (χ1v) is 9.68. The van der Waals surface area contributed by atoms with Crippen molar-refractivity contribution < 1.29 is 4.79 Å². The van der Waals surface area contributed by atoms with Gasteiger partial charge in [0.1, 0.15) is 0 Å². The number of aromatic amines is 1. The fraction of sp³-hybridized carbons (Fsp3) is 0.318. The lowest BCUT2D eigenvalue weighted by Gasteiger charge is -2.32. The first-order valence-electron chi connectivity index (χ1n) is 9.68. The molecule has 1 aliphatic rings. The molecule has 4 rings (SSSR count). The number of nitrogens with zero attached hydrogens (tertiary/aromatic N) is 2. The van der Waals surface area contributed by atoms with E-state index in [0.29, 0.717) is 18.9 Å². The Labute approximate surface area is 163 Å². The molecule has 0 aliphatic carbocycles. The summed E-state index contributed by atoms with van der Waals surface area (Å²) in [5.74, 6) is 0.283. The smallest absolute Gasteiger partial charge is 0.291 e. The Balaban J connectivity index is 1.47. The molecule has 2 aromatic carbocycles. The van der Waals surface area contributed by atoms with Gasteiger partial charge in [0.05, 0.1) is 17.0 Å². The van der Waals surface area contributed by atoms with Crippen LogP contribution in [0.1, 0.15) is 24.0 Å². The topological polar surface area (TPSA) is 78.1 Å². The highest BCUT2D eigenvalue weighted by Gasteiger charge is 2.27. The molecule has 1 aromatic heterocycles. The second-order valence-electron chi connectivity index (χ2n) is 7.34. The van der Waals surface area contributed by atoms with Gasteiger partial charge in [-0.15, -0.1) is 0 Å². The Morgan fingerprint density at radius 3 is 2.86 bits per heavy atom. The normalized spacial score (nSPS) is 16.9. The molecule has 0 saturated carbocycles. The fourth-order valence-electron chi connectivity index (χ4n) is 3.75. The number of hydrogen-bond donors (Lipinski definition) is 2. The van der Waals surface area contributed by atoms with Crippen LogP contribution in [0.4, 0.5) is 5.82 Å². The van der Waals surface area contributed by atoms with E-state index in [-0.39, 0.29) is 17.4 Å². The number of para-hydroxylation sites is 2. The first kappa shape index (κ1) is 18.2. The lowest BCUT2D eigenvalue weighted by molar-refractivity contribution is -0.125. The van der Waals surface area contributed by atoms with Crippen molar-refractivity contribution in [2.24, 2.45) is 5.92 Å². The molecule has 2 N–H and O–H groups in total. The summed E-state index contributed by atoms with van der Waals surface area (Å²) >= 11 is 0. The zero-order valence-corrected chi connectivity index (χ0v) is 15.9. The van der Waals surface area contributed by atoms with Crippen molar-refractivity contribution in [1.82, 2.24) is 15.3 Å². The molecule has 0 radical (unpaired) electrons. The molecule has 144 valence electrons. The van der Waals surface area contributed by atoms with Gasteiger partial charge in [0, 0.05) is 19.6 Å². The third-order valence-electron chi connectivity index (χ3n) is 5.39. The van der Waals surface area contributed by atoms with Crippen molar-refractivity contribution in [1.29, 1.82) is 0 Å². The largest absolute Gasteiger partial charge is 0.352 e. The molecule has 28 heavy (non-hydrogen) atoms. The van der Waals surface area contributed by atoms with Gasteiger partial charge in [-0.1, -0.05) is 36.4 Å². The van der Waals surface area contributed by atoms with Crippen molar-refractivity contribution in [2.75, 3.05) is 18.0 Å². The van der Waals surface area contributed by atoms with Crippen LogP contribution in [0.3, 0.4) is 0 Å². The van der Waals surface area contributed by atoms with Crippen LogP contribution in [-0.4, -0.2) is 29.0 Å². The van der Waals surface area contributed by atoms with Crippen LogP contribution in [0, 0.1) is 12.8 Å². The molecule has 0 bridgehead atoms. The Hall–Kier alpha value is -3.15. The monoisotopic (exact) mass is 376 g/mol. The number of benzene rings is 2. The predicted octanol–water partition coefficient (Wildman–Crippen LogP) is 2.76. The summed E-state index contributed by atoms with van der Waals surface area (Å²) in [7, 11) is 0. The van der Waals surface area contributed by atoms with Crippen molar-refractivity contribution in [3.05, 3.63) is 70.0 Å². The molecular weight excluding hydrogens is 352 g/mol. The van der Waals surface area contributed by atoms with Gasteiger partial charge in [0.15, 0.2) is 5.82 Å². The number of fused-ring (bicyclic) bond motifs is 1. The second kappa shape index (κ2) is 7.84. The van der Waals surface area contributed by atoms with Crippen LogP contribution in [-0.2, 0) is 11.3 Å². The predicted molar refractivity (Wildman–Crippen MR) is 110 cm³/mol. The van der Waals surface area contributed by atoms with Crippen molar-refractivity contribution in [2.45, 2.75) is 26.3 Å². The Bertz CT molecular complexity index is 1060. The van der Waals surface area contributed by atoms with Crippen molar-refractivity contribution in [3.8, 4) is 0 Å². The Kier molecular flexibility index (Phi) is 5.10. The van der Waals surface area contributed by atoms with Crippen LogP contribution in [0.2, 0.25) is 0 Å². The van der Waals surface area contributed by atoms with Crippen molar-refractivity contribution >= 4 is 22.8 Å². The average molecular weight is 376 g/mol. The molecule has 0 spiro atoms. The summed E-state index contributed by atoms with van der Waals surface area (Å²) in [6.45, 7) is 3.81. The minimum atomic E-state index is -0.209. The summed E-state index contributed by atoms with van der Waals surface area (Å²) in [4.78, 5) is 34.6. The van der Waals surface area contributed by atoms with Gasteiger partial charge in [-0.3, -0.25) is 9.59 Å². The molecule has 1 unspecified atom stereocenters. The van der Waals surface area contributed by atoms with E-state index in [0.717, 1.165) is 36.0 Å². The number of H-pyrrole nitrogens is 1. The van der Waals surface area contributed by atoms with Gasteiger partial charge in [-0.25, -0.2) is 4.98 Å². The Morgan fingerprint density at radius 1 is 1.21 bits per heavy atom. The number of carbonyl (C=O) groups excluding carboxylic acids is 1. The molecular formula is C22H24N4O2. The number of carbonyl (C=O) groups is 1. The SMILES string of the molecule is Cc1ccccc1CNC(=O)C1CCCN(c2nc3ccccc3[nH]c2=O)C1. The number of amides is 1. The van der Waals surface area contributed by atoms with Crippen LogP contribution in [0.15, 0.2) is 53.3 Å². The van der Waals surface area contributed by atoms with Gasteiger partial charge < -0.3 is 15.2 Å². The van der Waals surface area contributed by atoms with E-state index in [1.165, 1.54) is 5.56 Å². The second-order valence-corrected chi connectivity index (χ2v) is 7.34. The van der Waals surface area contributed by atoms with Crippen LogP contribution in [0.5, 0.6) is 0 Å². The summed E-state index contributed by atoms with van der Waals surface area (Å²) in [5.41, 5.74) is 3.56. The van der Waals surface area contributed by atoms with E-state index in [1.54, 1.807) is 0 Å². The summed E-state index contributed by atoms with van der Waals surface area (Å²) in [5, 5.41) is 3.05. The van der Waals surface area contributed by atoms with E-state index in [2.05, 4.69) is 15.3 Å². The zero-order valence-electron chi connectivity index (χ0n) is 15.9. The zero-order chi connectivity index (χ0) is 19.5. The fourth-order valence-corrected chi connectivity index (χ4v) is 3.75. The quantitative estimate of drug-likeness (QED) is 0.734. The molecule has 1 amide bonds. The first-order chi connectivity index (χ1) is 13.6. The van der Waals surface area contributed by atoms with E-state index in [4.69, 9.17) is 0 Å². The minimum absolute atomic E-state index is 0.0326. The van der Waals surface area contributed by atoms with Gasteiger partial charge in [0.25, 0.3) is 5.56 Å². The molecule has 6 nitrogen and oxygen atoms in total. The van der Waals surface area contributed by atoms with E-state index in [1.807, 2.05) is 60.4 Å². The number of rotatable bonds is 4. The maximum absolute atomic E-state index is 12.7. The summed E-state index contributed by atoms with van der Waals surface area (Å²) in [6, 6.07) is 15.5. The van der Waals surface area contributed by atoms with Gasteiger partial charge in [0.2, 0.25) is 5.91 Å². The van der Waals surface area contributed by atoms with E-state index in [9.17, 15) is 9.59 Å². The van der Waals surface area contributed by atoms with Gasteiger partial charge in [-0.2, -0.15) is 0 Å². The molecule has 1 saturated heterocycles. The molecule has 1 fully saturated rings. The highest BCUT2D eigenvalue weighted by atomic mass is 16.2. The minimum Gasteiger partial charge on any atom is -0.352 e.